The number of piperazine rings is 1. The SMILES string of the molecule is O=C(C[C@@H]1NC(=O)[C@H](Cc2ccccc2)NC1=O)N[C@@H](Cc1ccc([N+](=O)[O-])cc1)C(=O)O. The highest BCUT2D eigenvalue weighted by Gasteiger charge is 2.35. The van der Waals surface area contributed by atoms with E-state index in [9.17, 15) is 34.4 Å². The fraction of sp³-hybridized carbons (Fsp3) is 0.273. The standard InChI is InChI=1S/C22H22N4O7/c27-19(23-18(22(30)31)11-14-6-8-15(9-7-14)26(32)33)12-17-21(29)24-16(20(28)25-17)10-13-4-2-1-3-5-13/h1-9,16-18H,10-12H2,(H,23,27)(H,24,29)(H,25,28)(H,30,31)/t16-,17-,18-/m0/s1. The molecule has 0 spiro atoms. The fourth-order valence-electron chi connectivity index (χ4n) is 3.44. The zero-order valence-corrected chi connectivity index (χ0v) is 17.4. The van der Waals surface area contributed by atoms with E-state index < -0.39 is 53.2 Å². The van der Waals surface area contributed by atoms with Crippen LogP contribution >= 0.6 is 0 Å². The Hall–Kier alpha value is -4.28. The Kier molecular flexibility index (Phi) is 7.34. The minimum Gasteiger partial charge on any atom is -0.480 e. The maximum Gasteiger partial charge on any atom is 0.326 e. The van der Waals surface area contributed by atoms with Gasteiger partial charge in [0, 0.05) is 25.0 Å². The van der Waals surface area contributed by atoms with E-state index in [0.29, 0.717) is 12.0 Å². The lowest BCUT2D eigenvalue weighted by atomic mass is 10.0. The van der Waals surface area contributed by atoms with Gasteiger partial charge in [-0.1, -0.05) is 42.5 Å². The quantitative estimate of drug-likeness (QED) is 0.313. The average molecular weight is 454 g/mol. The molecule has 1 aliphatic heterocycles. The van der Waals surface area contributed by atoms with E-state index in [-0.39, 0.29) is 12.1 Å². The van der Waals surface area contributed by atoms with Gasteiger partial charge in [-0.05, 0) is 11.1 Å². The van der Waals surface area contributed by atoms with Crippen molar-refractivity contribution < 1.29 is 29.2 Å². The Labute approximate surface area is 188 Å². The maximum absolute atomic E-state index is 12.4. The first-order chi connectivity index (χ1) is 15.7. The van der Waals surface area contributed by atoms with Crippen molar-refractivity contribution in [1.29, 1.82) is 0 Å². The zero-order chi connectivity index (χ0) is 24.0. The Morgan fingerprint density at radius 2 is 1.58 bits per heavy atom. The number of hydrogen-bond acceptors (Lipinski definition) is 6. The van der Waals surface area contributed by atoms with Crippen LogP contribution in [0.25, 0.3) is 0 Å². The molecule has 172 valence electrons. The van der Waals surface area contributed by atoms with Crippen molar-refractivity contribution in [2.75, 3.05) is 0 Å². The summed E-state index contributed by atoms with van der Waals surface area (Å²) >= 11 is 0. The number of aliphatic carboxylic acids is 1. The second-order valence-electron chi connectivity index (χ2n) is 7.60. The van der Waals surface area contributed by atoms with E-state index in [2.05, 4.69) is 16.0 Å². The molecule has 3 rings (SSSR count). The van der Waals surface area contributed by atoms with Gasteiger partial charge in [-0.15, -0.1) is 0 Å². The molecule has 0 aromatic heterocycles. The third-order valence-corrected chi connectivity index (χ3v) is 5.16. The minimum absolute atomic E-state index is 0.110. The molecule has 0 aliphatic carbocycles. The lowest BCUT2D eigenvalue weighted by Crippen LogP contribution is -2.63. The van der Waals surface area contributed by atoms with Gasteiger partial charge in [0.05, 0.1) is 11.3 Å². The molecule has 0 unspecified atom stereocenters. The second-order valence-corrected chi connectivity index (χ2v) is 7.60. The van der Waals surface area contributed by atoms with Gasteiger partial charge in [0.1, 0.15) is 18.1 Å². The van der Waals surface area contributed by atoms with E-state index in [4.69, 9.17) is 0 Å². The van der Waals surface area contributed by atoms with E-state index in [1.54, 1.807) is 0 Å². The number of nitrogens with one attached hydrogen (secondary N) is 3. The van der Waals surface area contributed by atoms with Gasteiger partial charge in [0.2, 0.25) is 17.7 Å². The molecule has 1 aliphatic rings. The Morgan fingerprint density at radius 1 is 0.970 bits per heavy atom. The molecule has 1 fully saturated rings. The van der Waals surface area contributed by atoms with Crippen LogP contribution in [0.2, 0.25) is 0 Å². The summed E-state index contributed by atoms with van der Waals surface area (Å²) in [6, 6.07) is 11.2. The monoisotopic (exact) mass is 454 g/mol. The van der Waals surface area contributed by atoms with Gasteiger partial charge in [-0.2, -0.15) is 0 Å². The van der Waals surface area contributed by atoms with E-state index >= 15 is 0 Å². The molecule has 3 atom stereocenters. The van der Waals surface area contributed by atoms with Crippen molar-refractivity contribution in [3.8, 4) is 0 Å². The Bertz CT molecular complexity index is 1060. The summed E-state index contributed by atoms with van der Waals surface area (Å²) in [5.41, 5.74) is 1.20. The molecular formula is C22H22N4O7. The average Bonchev–Trinajstić information content (AvgIpc) is 2.77. The molecule has 0 bridgehead atoms. The van der Waals surface area contributed by atoms with Crippen molar-refractivity contribution in [3.63, 3.8) is 0 Å². The first-order valence-corrected chi connectivity index (χ1v) is 10.1. The van der Waals surface area contributed by atoms with E-state index in [1.165, 1.54) is 24.3 Å². The van der Waals surface area contributed by atoms with Crippen LogP contribution in [-0.2, 0) is 32.0 Å². The van der Waals surface area contributed by atoms with Gasteiger partial charge in [0.25, 0.3) is 5.69 Å². The molecule has 11 heteroatoms. The predicted octanol–water partition coefficient (Wildman–Crippen LogP) is 0.323. The van der Waals surface area contributed by atoms with Crippen LogP contribution in [0.15, 0.2) is 54.6 Å². The maximum atomic E-state index is 12.4. The summed E-state index contributed by atoms with van der Waals surface area (Å²) in [5, 5.41) is 27.6. The number of amides is 3. The number of carbonyl (C=O) groups is 4. The number of carboxylic acids is 1. The summed E-state index contributed by atoms with van der Waals surface area (Å²) in [4.78, 5) is 58.9. The lowest BCUT2D eigenvalue weighted by molar-refractivity contribution is -0.384. The van der Waals surface area contributed by atoms with Crippen LogP contribution in [0.5, 0.6) is 0 Å². The summed E-state index contributed by atoms with van der Waals surface area (Å²) in [5.74, 6) is -3.00. The third-order valence-electron chi connectivity index (χ3n) is 5.16. The van der Waals surface area contributed by atoms with Crippen LogP contribution < -0.4 is 16.0 Å². The van der Waals surface area contributed by atoms with Crippen LogP contribution in [0.3, 0.4) is 0 Å². The van der Waals surface area contributed by atoms with Gasteiger partial charge in [-0.3, -0.25) is 24.5 Å². The van der Waals surface area contributed by atoms with E-state index in [1.807, 2.05) is 30.3 Å². The highest BCUT2D eigenvalue weighted by atomic mass is 16.6. The van der Waals surface area contributed by atoms with Crippen molar-refractivity contribution in [3.05, 3.63) is 75.8 Å². The summed E-state index contributed by atoms with van der Waals surface area (Å²) in [6.45, 7) is 0. The molecule has 0 radical (unpaired) electrons. The molecule has 4 N–H and O–H groups in total. The predicted molar refractivity (Wildman–Crippen MR) is 115 cm³/mol. The number of hydrogen-bond donors (Lipinski definition) is 4. The Balaban J connectivity index is 1.56. The van der Waals surface area contributed by atoms with Gasteiger partial charge in [-0.25, -0.2) is 4.79 Å². The van der Waals surface area contributed by atoms with Crippen molar-refractivity contribution in [1.82, 2.24) is 16.0 Å². The summed E-state index contributed by atoms with van der Waals surface area (Å²) < 4.78 is 0. The number of benzene rings is 2. The topological polar surface area (TPSA) is 168 Å². The summed E-state index contributed by atoms with van der Waals surface area (Å²) in [7, 11) is 0. The number of carboxylic acid groups (broad SMARTS) is 1. The van der Waals surface area contributed by atoms with Crippen molar-refractivity contribution >= 4 is 29.4 Å². The summed E-state index contributed by atoms with van der Waals surface area (Å²) in [6.07, 6.45) is -0.241. The Morgan fingerprint density at radius 3 is 2.18 bits per heavy atom. The molecule has 1 heterocycles. The highest BCUT2D eigenvalue weighted by molar-refractivity contribution is 5.99. The minimum atomic E-state index is -1.31. The number of carbonyl (C=O) groups excluding carboxylic acids is 3. The van der Waals surface area contributed by atoms with Gasteiger partial charge >= 0.3 is 5.97 Å². The number of nitro benzene ring substituents is 1. The number of rotatable bonds is 9. The van der Waals surface area contributed by atoms with Crippen LogP contribution in [0.1, 0.15) is 17.5 Å². The first-order valence-electron chi connectivity index (χ1n) is 10.1. The number of non-ortho nitro benzene ring substituents is 1. The molecule has 3 amide bonds. The number of nitro groups is 1. The van der Waals surface area contributed by atoms with Crippen LogP contribution in [0, 0.1) is 10.1 Å². The van der Waals surface area contributed by atoms with Crippen molar-refractivity contribution in [2.24, 2.45) is 0 Å². The van der Waals surface area contributed by atoms with Crippen LogP contribution in [-0.4, -0.2) is 51.8 Å². The molecule has 11 nitrogen and oxygen atoms in total. The fourth-order valence-corrected chi connectivity index (χ4v) is 3.44. The van der Waals surface area contributed by atoms with Gasteiger partial charge in [0.15, 0.2) is 0 Å². The van der Waals surface area contributed by atoms with Crippen LogP contribution in [0.4, 0.5) is 5.69 Å². The van der Waals surface area contributed by atoms with Gasteiger partial charge < -0.3 is 21.1 Å². The highest BCUT2D eigenvalue weighted by Crippen LogP contribution is 2.14. The molecule has 0 saturated carbocycles. The first kappa shape index (κ1) is 23.4. The molecular weight excluding hydrogens is 432 g/mol. The number of nitrogens with zero attached hydrogens (tertiary/aromatic N) is 1. The third kappa shape index (κ3) is 6.35. The molecule has 2 aromatic carbocycles. The largest absolute Gasteiger partial charge is 0.480 e. The molecule has 1 saturated heterocycles. The van der Waals surface area contributed by atoms with Crippen molar-refractivity contribution in [2.45, 2.75) is 37.4 Å². The second kappa shape index (κ2) is 10.4. The lowest BCUT2D eigenvalue weighted by Gasteiger charge is -2.29. The molecule has 33 heavy (non-hydrogen) atoms. The zero-order valence-electron chi connectivity index (χ0n) is 17.4. The molecule has 2 aromatic rings. The normalized spacial score (nSPS) is 18.5. The smallest absolute Gasteiger partial charge is 0.326 e. The van der Waals surface area contributed by atoms with E-state index in [0.717, 1.165) is 5.56 Å².